The molecule has 0 fully saturated rings. The average molecular weight is 182 g/mol. The van der Waals surface area contributed by atoms with Crippen LogP contribution in [-0.4, -0.2) is 12.4 Å². The Balaban J connectivity index is 3.04. The number of halogens is 1. The Kier molecular flexibility index (Phi) is 2.93. The van der Waals surface area contributed by atoms with Gasteiger partial charge in [0.25, 0.3) is 0 Å². The molecule has 2 nitrogen and oxygen atoms in total. The number of rotatable bonds is 2. The third-order valence-corrected chi connectivity index (χ3v) is 2.23. The second-order valence-corrected chi connectivity index (χ2v) is 3.04. The average Bonchev–Trinajstić information content (AvgIpc) is 2.06. The predicted octanol–water partition coefficient (Wildman–Crippen LogP) is 1.94. The van der Waals surface area contributed by atoms with Gasteiger partial charge in [0.05, 0.1) is 0 Å². The van der Waals surface area contributed by atoms with Crippen molar-refractivity contribution in [2.45, 2.75) is 20.8 Å². The summed E-state index contributed by atoms with van der Waals surface area (Å²) in [6.45, 7) is 5.74. The largest absolute Gasteiger partial charge is 0.751 e. The summed E-state index contributed by atoms with van der Waals surface area (Å²) < 4.78 is 16.7. The van der Waals surface area contributed by atoms with Crippen molar-refractivity contribution in [3.05, 3.63) is 28.8 Å². The Labute approximate surface area is 77.5 Å². The normalized spacial score (nSPS) is 9.92. The van der Waals surface area contributed by atoms with Crippen LogP contribution in [0.15, 0.2) is 12.1 Å². The molecule has 0 spiro atoms. The first-order chi connectivity index (χ1) is 6.02. The van der Waals surface area contributed by atoms with Gasteiger partial charge in [0.1, 0.15) is 5.75 Å². The highest BCUT2D eigenvalue weighted by molar-refractivity contribution is 6.34. The quantitative estimate of drug-likeness (QED) is 0.708. The summed E-state index contributed by atoms with van der Waals surface area (Å²) >= 11 is 0. The molecule has 0 heterocycles. The fourth-order valence-electron chi connectivity index (χ4n) is 1.16. The van der Waals surface area contributed by atoms with E-state index in [0.717, 1.165) is 16.7 Å². The second-order valence-electron chi connectivity index (χ2n) is 3.04. The maximum Gasteiger partial charge on any atom is 0.751 e. The monoisotopic (exact) mass is 182 g/mol. The van der Waals surface area contributed by atoms with Crippen LogP contribution in [0.5, 0.6) is 5.75 Å². The molecule has 0 aliphatic rings. The number of aryl methyl sites for hydroxylation is 1. The molecule has 0 unspecified atom stereocenters. The van der Waals surface area contributed by atoms with E-state index in [2.05, 4.69) is 4.65 Å². The summed E-state index contributed by atoms with van der Waals surface area (Å²) in [4.78, 5) is 0. The Morgan fingerprint density at radius 3 is 2.38 bits per heavy atom. The zero-order valence-electron chi connectivity index (χ0n) is 7.97. The second kappa shape index (κ2) is 3.79. The third-order valence-electron chi connectivity index (χ3n) is 2.23. The first kappa shape index (κ1) is 10.1. The van der Waals surface area contributed by atoms with E-state index in [1.165, 1.54) is 0 Å². The Morgan fingerprint density at radius 2 is 1.85 bits per heavy atom. The molecule has 0 aliphatic heterocycles. The number of hydrogen-bond acceptors (Lipinski definition) is 2. The van der Waals surface area contributed by atoms with E-state index in [9.17, 15) is 4.32 Å². The molecule has 13 heavy (non-hydrogen) atoms. The fraction of sp³-hybridized carbons (Fsp3) is 0.333. The molecule has 0 saturated carbocycles. The number of hydrogen-bond donors (Lipinski definition) is 1. The minimum absolute atomic E-state index is 0.387. The Hall–Kier alpha value is -1.03. The minimum Gasteiger partial charge on any atom is -0.508 e. The van der Waals surface area contributed by atoms with E-state index in [1.807, 2.05) is 26.8 Å². The summed E-state index contributed by atoms with van der Waals surface area (Å²) in [6, 6.07) is 3.49. The summed E-state index contributed by atoms with van der Waals surface area (Å²) in [5, 5.41) is 8.40. The van der Waals surface area contributed by atoms with Crippen LogP contribution >= 0.6 is 0 Å². The van der Waals surface area contributed by atoms with Crippen molar-refractivity contribution in [2.24, 2.45) is 0 Å². The highest BCUT2D eigenvalue weighted by Crippen LogP contribution is 2.23. The van der Waals surface area contributed by atoms with Gasteiger partial charge in [-0.25, -0.2) is 4.32 Å². The van der Waals surface area contributed by atoms with E-state index in [4.69, 9.17) is 5.02 Å². The van der Waals surface area contributed by atoms with Gasteiger partial charge in [0.15, 0.2) is 0 Å². The standard InChI is InChI=1S/C9H12BFO2/c1-6-4-5-9(13-10(11)12)8(3)7(6)2/h4-5,12H,1-3H3. The molecular formula is C9H12BFO2. The van der Waals surface area contributed by atoms with Gasteiger partial charge in [-0.3, -0.25) is 0 Å². The van der Waals surface area contributed by atoms with Crippen LogP contribution in [0.25, 0.3) is 0 Å². The van der Waals surface area contributed by atoms with Gasteiger partial charge in [-0.15, -0.1) is 0 Å². The molecule has 0 aliphatic carbocycles. The van der Waals surface area contributed by atoms with Gasteiger partial charge < -0.3 is 9.68 Å². The summed E-state index contributed by atoms with van der Waals surface area (Å²) in [5.74, 6) is 0.387. The van der Waals surface area contributed by atoms with Crippen molar-refractivity contribution in [1.29, 1.82) is 0 Å². The molecule has 0 amide bonds. The Morgan fingerprint density at radius 1 is 1.23 bits per heavy atom. The van der Waals surface area contributed by atoms with Crippen molar-refractivity contribution in [3.63, 3.8) is 0 Å². The van der Waals surface area contributed by atoms with Crippen LogP contribution in [-0.2, 0) is 0 Å². The molecule has 0 bridgehead atoms. The van der Waals surface area contributed by atoms with E-state index >= 15 is 0 Å². The highest BCUT2D eigenvalue weighted by atomic mass is 19.1. The molecule has 70 valence electrons. The SMILES string of the molecule is Cc1ccc(OB(O)F)c(C)c1C. The molecule has 0 saturated heterocycles. The minimum atomic E-state index is -2.25. The lowest BCUT2D eigenvalue weighted by Gasteiger charge is -2.11. The molecule has 0 radical (unpaired) electrons. The lowest BCUT2D eigenvalue weighted by atomic mass is 10.0. The molecule has 1 rings (SSSR count). The number of benzene rings is 1. The fourth-order valence-corrected chi connectivity index (χ4v) is 1.16. The van der Waals surface area contributed by atoms with Crippen molar-refractivity contribution >= 4 is 7.40 Å². The van der Waals surface area contributed by atoms with Crippen molar-refractivity contribution in [2.75, 3.05) is 0 Å². The van der Waals surface area contributed by atoms with Crippen molar-refractivity contribution in [3.8, 4) is 5.75 Å². The Bertz CT molecular complexity index is 313. The predicted molar refractivity (Wildman–Crippen MR) is 50.4 cm³/mol. The molecule has 0 aromatic heterocycles. The topological polar surface area (TPSA) is 29.5 Å². The highest BCUT2D eigenvalue weighted by Gasteiger charge is 2.16. The van der Waals surface area contributed by atoms with E-state index in [1.54, 1.807) is 6.07 Å². The van der Waals surface area contributed by atoms with Crippen LogP contribution in [0, 0.1) is 20.8 Å². The van der Waals surface area contributed by atoms with E-state index in [-0.39, 0.29) is 0 Å². The van der Waals surface area contributed by atoms with Gasteiger partial charge in [0.2, 0.25) is 0 Å². The zero-order chi connectivity index (χ0) is 10.0. The molecular weight excluding hydrogens is 170 g/mol. The maximum absolute atomic E-state index is 12.1. The first-order valence-electron chi connectivity index (χ1n) is 4.08. The van der Waals surface area contributed by atoms with Crippen LogP contribution < -0.4 is 4.65 Å². The molecule has 1 aromatic rings. The lowest BCUT2D eigenvalue weighted by molar-refractivity contribution is 0.348. The lowest BCUT2D eigenvalue weighted by Crippen LogP contribution is -2.15. The first-order valence-corrected chi connectivity index (χ1v) is 4.08. The summed E-state index contributed by atoms with van der Waals surface area (Å²) in [5.41, 5.74) is 3.04. The molecule has 1 aromatic carbocycles. The van der Waals surface area contributed by atoms with Crippen LogP contribution in [0.1, 0.15) is 16.7 Å². The van der Waals surface area contributed by atoms with Crippen LogP contribution in [0.4, 0.5) is 4.32 Å². The van der Waals surface area contributed by atoms with Gasteiger partial charge in [0, 0.05) is 0 Å². The summed E-state index contributed by atoms with van der Waals surface area (Å²) in [7, 11) is -2.25. The molecule has 1 N–H and O–H groups in total. The third kappa shape index (κ3) is 2.22. The van der Waals surface area contributed by atoms with E-state index < -0.39 is 7.40 Å². The van der Waals surface area contributed by atoms with Crippen molar-refractivity contribution in [1.82, 2.24) is 0 Å². The summed E-state index contributed by atoms with van der Waals surface area (Å²) in [6.07, 6.45) is 0. The maximum atomic E-state index is 12.1. The van der Waals surface area contributed by atoms with Gasteiger partial charge in [-0.05, 0) is 43.5 Å². The molecule has 0 atom stereocenters. The smallest absolute Gasteiger partial charge is 0.508 e. The van der Waals surface area contributed by atoms with E-state index in [0.29, 0.717) is 5.75 Å². The van der Waals surface area contributed by atoms with Crippen LogP contribution in [0.3, 0.4) is 0 Å². The zero-order valence-corrected chi connectivity index (χ0v) is 7.97. The van der Waals surface area contributed by atoms with Crippen molar-refractivity contribution < 1.29 is 14.0 Å². The molecule has 4 heteroatoms. The van der Waals surface area contributed by atoms with Gasteiger partial charge in [-0.2, -0.15) is 0 Å². The van der Waals surface area contributed by atoms with Gasteiger partial charge in [-0.1, -0.05) is 6.07 Å². The van der Waals surface area contributed by atoms with Crippen LogP contribution in [0.2, 0.25) is 0 Å². The van der Waals surface area contributed by atoms with Gasteiger partial charge >= 0.3 is 7.40 Å².